The Kier molecular flexibility index (Phi) is 5.12. The second-order valence-corrected chi connectivity index (χ2v) is 7.02. The van der Waals surface area contributed by atoms with Gasteiger partial charge in [-0.3, -0.25) is 9.40 Å². The van der Waals surface area contributed by atoms with Gasteiger partial charge >= 0.3 is 0 Å². The molecule has 0 aliphatic rings. The van der Waals surface area contributed by atoms with Crippen LogP contribution in [0, 0.1) is 18.6 Å². The van der Waals surface area contributed by atoms with Gasteiger partial charge in [-0.1, -0.05) is 6.92 Å². The number of anilines is 1. The molecule has 0 aliphatic carbocycles. The number of methoxy groups -OCH3 is 1. The maximum atomic E-state index is 14.0. The second-order valence-electron chi connectivity index (χ2n) is 5.40. The Hall–Kier alpha value is -2.16. The van der Waals surface area contributed by atoms with Crippen LogP contribution in [0.25, 0.3) is 0 Å². The maximum absolute atomic E-state index is 14.0. The molecule has 1 N–H and O–H groups in total. The van der Waals surface area contributed by atoms with E-state index in [-0.39, 0.29) is 17.6 Å². The number of halogens is 2. The molecule has 0 aliphatic heterocycles. The van der Waals surface area contributed by atoms with Crippen molar-refractivity contribution in [3.63, 3.8) is 0 Å². The highest BCUT2D eigenvalue weighted by Gasteiger charge is 2.26. The van der Waals surface area contributed by atoms with Gasteiger partial charge in [0.2, 0.25) is 0 Å². The van der Waals surface area contributed by atoms with Gasteiger partial charge in [-0.25, -0.2) is 17.2 Å². The highest BCUT2D eigenvalue weighted by Crippen LogP contribution is 2.26. The van der Waals surface area contributed by atoms with Gasteiger partial charge in [0.1, 0.15) is 17.4 Å². The van der Waals surface area contributed by atoms with Gasteiger partial charge in [0.25, 0.3) is 10.0 Å². The standard InChI is InChI=1S/C15H19F2N3O3S/c1-5-9(2)20-10(3)6-14(18-20)19-24(21,22)15-12(16)7-11(23-4)8-13(15)17/h6-9H,5H2,1-4H3,(H,18,19). The fourth-order valence-electron chi connectivity index (χ4n) is 2.26. The van der Waals surface area contributed by atoms with Gasteiger partial charge in [-0.15, -0.1) is 0 Å². The predicted octanol–water partition coefficient (Wildman–Crippen LogP) is 3.25. The first-order valence-electron chi connectivity index (χ1n) is 7.31. The molecule has 1 heterocycles. The van der Waals surface area contributed by atoms with Crippen molar-refractivity contribution in [3.8, 4) is 5.75 Å². The molecule has 0 saturated carbocycles. The number of benzene rings is 1. The monoisotopic (exact) mass is 359 g/mol. The lowest BCUT2D eigenvalue weighted by Crippen LogP contribution is -2.17. The van der Waals surface area contributed by atoms with Gasteiger partial charge in [-0.2, -0.15) is 5.10 Å². The lowest BCUT2D eigenvalue weighted by molar-refractivity contribution is 0.402. The van der Waals surface area contributed by atoms with E-state index in [4.69, 9.17) is 4.74 Å². The molecule has 1 unspecified atom stereocenters. The van der Waals surface area contributed by atoms with E-state index in [0.29, 0.717) is 0 Å². The molecular formula is C15H19F2N3O3S. The van der Waals surface area contributed by atoms with Crippen molar-refractivity contribution in [3.05, 3.63) is 35.5 Å². The number of hydrogen-bond donors (Lipinski definition) is 1. The third-order valence-corrected chi connectivity index (χ3v) is 5.05. The minimum Gasteiger partial charge on any atom is -0.497 e. The molecule has 0 fully saturated rings. The van der Waals surface area contributed by atoms with Crippen molar-refractivity contribution in [2.75, 3.05) is 11.8 Å². The third-order valence-electron chi connectivity index (χ3n) is 3.65. The largest absolute Gasteiger partial charge is 0.497 e. The summed E-state index contributed by atoms with van der Waals surface area (Å²) in [7, 11) is -3.24. The van der Waals surface area contributed by atoms with E-state index >= 15 is 0 Å². The highest BCUT2D eigenvalue weighted by molar-refractivity contribution is 7.92. The van der Waals surface area contributed by atoms with Gasteiger partial charge in [-0.05, 0) is 20.3 Å². The molecule has 1 atom stereocenters. The number of hydrogen-bond acceptors (Lipinski definition) is 4. The molecule has 0 spiro atoms. The second kappa shape index (κ2) is 6.76. The van der Waals surface area contributed by atoms with E-state index < -0.39 is 26.6 Å². The number of ether oxygens (including phenoxy) is 1. The quantitative estimate of drug-likeness (QED) is 0.859. The van der Waals surface area contributed by atoms with Crippen molar-refractivity contribution < 1.29 is 21.9 Å². The summed E-state index contributed by atoms with van der Waals surface area (Å²) in [6, 6.07) is 3.18. The summed E-state index contributed by atoms with van der Waals surface area (Å²) in [5.41, 5.74) is 0.734. The highest BCUT2D eigenvalue weighted by atomic mass is 32.2. The maximum Gasteiger partial charge on any atom is 0.268 e. The Morgan fingerprint density at radius 2 is 1.88 bits per heavy atom. The summed E-state index contributed by atoms with van der Waals surface area (Å²) >= 11 is 0. The molecule has 0 bridgehead atoms. The van der Waals surface area contributed by atoms with Gasteiger partial charge in [0.05, 0.1) is 7.11 Å². The van der Waals surface area contributed by atoms with Crippen molar-refractivity contribution in [2.45, 2.75) is 38.1 Å². The minimum absolute atomic E-state index is 0.00224. The molecule has 132 valence electrons. The summed E-state index contributed by atoms with van der Waals surface area (Å²) in [4.78, 5) is -1.07. The summed E-state index contributed by atoms with van der Waals surface area (Å²) in [5, 5.41) is 4.14. The first-order chi connectivity index (χ1) is 11.2. The summed E-state index contributed by atoms with van der Waals surface area (Å²) < 4.78 is 61.1. The van der Waals surface area contributed by atoms with E-state index in [2.05, 4.69) is 9.82 Å². The van der Waals surface area contributed by atoms with E-state index in [1.807, 2.05) is 13.8 Å². The molecule has 24 heavy (non-hydrogen) atoms. The van der Waals surface area contributed by atoms with Crippen molar-refractivity contribution in [1.82, 2.24) is 9.78 Å². The first kappa shape index (κ1) is 18.2. The Bertz CT molecular complexity index is 827. The first-order valence-corrected chi connectivity index (χ1v) is 8.80. The van der Waals surface area contributed by atoms with Crippen LogP contribution in [-0.2, 0) is 10.0 Å². The number of aromatic nitrogens is 2. The van der Waals surface area contributed by atoms with Gasteiger partial charge in [0, 0.05) is 29.9 Å². The normalized spacial score (nSPS) is 12.9. The van der Waals surface area contributed by atoms with E-state index in [0.717, 1.165) is 24.2 Å². The molecule has 0 radical (unpaired) electrons. The van der Waals surface area contributed by atoms with Crippen LogP contribution in [0.1, 0.15) is 32.0 Å². The fraction of sp³-hybridized carbons (Fsp3) is 0.400. The molecule has 0 saturated heterocycles. The van der Waals surface area contributed by atoms with Gasteiger partial charge < -0.3 is 4.74 Å². The number of sulfonamides is 1. The summed E-state index contributed by atoms with van der Waals surface area (Å²) in [6.45, 7) is 5.67. The van der Waals surface area contributed by atoms with Crippen LogP contribution in [0.2, 0.25) is 0 Å². The van der Waals surface area contributed by atoms with Crippen LogP contribution in [0.4, 0.5) is 14.6 Å². The predicted molar refractivity (Wildman–Crippen MR) is 85.7 cm³/mol. The zero-order chi connectivity index (χ0) is 18.1. The van der Waals surface area contributed by atoms with Gasteiger partial charge in [0.15, 0.2) is 10.7 Å². The van der Waals surface area contributed by atoms with E-state index in [1.165, 1.54) is 13.2 Å². The number of nitrogens with zero attached hydrogens (tertiary/aromatic N) is 2. The molecule has 2 rings (SSSR count). The average Bonchev–Trinajstić information content (AvgIpc) is 2.84. The van der Waals surface area contributed by atoms with E-state index in [1.54, 1.807) is 11.6 Å². The van der Waals surface area contributed by atoms with Crippen LogP contribution in [-0.4, -0.2) is 25.3 Å². The molecule has 9 heteroatoms. The molecule has 1 aromatic heterocycles. The third kappa shape index (κ3) is 3.50. The number of nitrogens with one attached hydrogen (secondary N) is 1. The minimum atomic E-state index is -4.47. The molecular weight excluding hydrogens is 340 g/mol. The van der Waals surface area contributed by atoms with Crippen molar-refractivity contribution in [2.24, 2.45) is 0 Å². The molecule has 6 nitrogen and oxygen atoms in total. The van der Waals surface area contributed by atoms with Crippen LogP contribution in [0.15, 0.2) is 23.1 Å². The number of rotatable bonds is 6. The van der Waals surface area contributed by atoms with E-state index in [9.17, 15) is 17.2 Å². The summed E-state index contributed by atoms with van der Waals surface area (Å²) in [5.74, 6) is -2.59. The SMILES string of the molecule is CCC(C)n1nc(NS(=O)(=O)c2c(F)cc(OC)cc2F)cc1C. The van der Waals surface area contributed by atoms with Crippen molar-refractivity contribution in [1.29, 1.82) is 0 Å². The Balaban J connectivity index is 2.40. The zero-order valence-corrected chi connectivity index (χ0v) is 14.6. The Morgan fingerprint density at radius 1 is 1.29 bits per heavy atom. The molecule has 2 aromatic rings. The lowest BCUT2D eigenvalue weighted by atomic mass is 10.2. The molecule has 1 aromatic carbocycles. The fourth-order valence-corrected chi connectivity index (χ4v) is 3.37. The lowest BCUT2D eigenvalue weighted by Gasteiger charge is -2.11. The Labute approximate surface area is 139 Å². The topological polar surface area (TPSA) is 73.2 Å². The zero-order valence-electron chi connectivity index (χ0n) is 13.8. The van der Waals surface area contributed by atoms with Crippen molar-refractivity contribution >= 4 is 15.8 Å². The number of aryl methyl sites for hydroxylation is 1. The van der Waals surface area contributed by atoms with Crippen LogP contribution in [0.3, 0.4) is 0 Å². The molecule has 0 amide bonds. The van der Waals surface area contributed by atoms with Crippen LogP contribution >= 0.6 is 0 Å². The average molecular weight is 359 g/mol. The smallest absolute Gasteiger partial charge is 0.268 e. The summed E-state index contributed by atoms with van der Waals surface area (Å²) in [6.07, 6.45) is 0.802. The Morgan fingerprint density at radius 3 is 2.38 bits per heavy atom. The van der Waals surface area contributed by atoms with Crippen LogP contribution < -0.4 is 9.46 Å². The van der Waals surface area contributed by atoms with Crippen LogP contribution in [0.5, 0.6) is 5.75 Å².